The van der Waals surface area contributed by atoms with Crippen LogP contribution in [-0.4, -0.2) is 12.9 Å². The fourth-order valence-corrected chi connectivity index (χ4v) is 2.06. The minimum atomic E-state index is -0.598. The van der Waals surface area contributed by atoms with E-state index < -0.39 is 5.82 Å². The number of aryl methyl sites for hydroxylation is 1. The smallest absolute Gasteiger partial charge is 0.196 e. The molecule has 0 saturated carbocycles. The highest BCUT2D eigenvalue weighted by atomic mass is 35.5. The molecule has 0 bridgehead atoms. The van der Waals surface area contributed by atoms with Gasteiger partial charge in [-0.15, -0.1) is 0 Å². The van der Waals surface area contributed by atoms with Gasteiger partial charge in [-0.3, -0.25) is 4.79 Å². The molecule has 0 aliphatic heterocycles. The van der Waals surface area contributed by atoms with Crippen molar-refractivity contribution in [3.05, 3.63) is 63.9 Å². The van der Waals surface area contributed by atoms with Gasteiger partial charge in [-0.1, -0.05) is 11.6 Å². The fraction of sp³-hybridized carbons (Fsp3) is 0.133. The van der Waals surface area contributed by atoms with Crippen molar-refractivity contribution in [1.29, 1.82) is 0 Å². The monoisotopic (exact) mass is 278 g/mol. The molecular weight excluding hydrogens is 267 g/mol. The van der Waals surface area contributed by atoms with Gasteiger partial charge in [0.2, 0.25) is 0 Å². The number of rotatable bonds is 3. The first kappa shape index (κ1) is 13.6. The Morgan fingerprint density at radius 2 is 1.84 bits per heavy atom. The molecule has 0 radical (unpaired) electrons. The molecule has 0 aliphatic carbocycles. The highest BCUT2D eigenvalue weighted by Gasteiger charge is 2.16. The lowest BCUT2D eigenvalue weighted by Gasteiger charge is -2.07. The third-order valence-corrected chi connectivity index (χ3v) is 3.09. The summed E-state index contributed by atoms with van der Waals surface area (Å²) in [6.45, 7) is 1.76. The number of carbonyl (C=O) groups excluding carboxylic acids is 1. The molecule has 0 aromatic heterocycles. The number of ether oxygens (including phenoxy) is 1. The summed E-state index contributed by atoms with van der Waals surface area (Å²) < 4.78 is 18.8. The number of halogens is 2. The van der Waals surface area contributed by atoms with E-state index in [1.807, 2.05) is 0 Å². The van der Waals surface area contributed by atoms with E-state index in [9.17, 15) is 9.18 Å². The molecule has 2 nitrogen and oxygen atoms in total. The Labute approximate surface area is 115 Å². The van der Waals surface area contributed by atoms with Crippen LogP contribution in [0.25, 0.3) is 0 Å². The van der Waals surface area contributed by atoms with Crippen molar-refractivity contribution in [3.63, 3.8) is 0 Å². The largest absolute Gasteiger partial charge is 0.497 e. The number of hydrogen-bond acceptors (Lipinski definition) is 2. The average Bonchev–Trinajstić information content (AvgIpc) is 2.37. The number of ketones is 1. The van der Waals surface area contributed by atoms with Crippen LogP contribution in [0, 0.1) is 12.7 Å². The fourth-order valence-electron chi connectivity index (χ4n) is 1.83. The summed E-state index contributed by atoms with van der Waals surface area (Å²) in [6, 6.07) is 9.06. The molecule has 4 heteroatoms. The lowest BCUT2D eigenvalue weighted by atomic mass is 9.99. The zero-order valence-corrected chi connectivity index (χ0v) is 11.3. The maximum Gasteiger partial charge on any atom is 0.196 e. The predicted molar refractivity (Wildman–Crippen MR) is 72.6 cm³/mol. The molecule has 2 rings (SSSR count). The van der Waals surface area contributed by atoms with Crippen molar-refractivity contribution in [2.75, 3.05) is 7.11 Å². The molecule has 0 spiro atoms. The van der Waals surface area contributed by atoms with Crippen LogP contribution in [0.2, 0.25) is 5.02 Å². The van der Waals surface area contributed by atoms with E-state index in [1.165, 1.54) is 19.2 Å². The molecule has 2 aromatic rings. The summed E-state index contributed by atoms with van der Waals surface area (Å²) >= 11 is 5.84. The van der Waals surface area contributed by atoms with Gasteiger partial charge in [-0.05, 0) is 42.8 Å². The Morgan fingerprint density at radius 3 is 2.42 bits per heavy atom. The van der Waals surface area contributed by atoms with Crippen molar-refractivity contribution in [3.8, 4) is 5.75 Å². The molecule has 0 saturated heterocycles. The number of methoxy groups -OCH3 is 1. The second-order valence-corrected chi connectivity index (χ2v) is 4.57. The molecule has 2 aromatic carbocycles. The molecule has 0 fully saturated rings. The topological polar surface area (TPSA) is 26.3 Å². The Morgan fingerprint density at radius 1 is 1.16 bits per heavy atom. The molecule has 0 N–H and O–H groups in total. The quantitative estimate of drug-likeness (QED) is 0.793. The molecule has 0 atom stereocenters. The third-order valence-electron chi connectivity index (χ3n) is 2.85. The van der Waals surface area contributed by atoms with E-state index in [0.717, 1.165) is 0 Å². The van der Waals surface area contributed by atoms with Gasteiger partial charge in [0.1, 0.15) is 11.6 Å². The minimum Gasteiger partial charge on any atom is -0.497 e. The van der Waals surface area contributed by atoms with Gasteiger partial charge >= 0.3 is 0 Å². The highest BCUT2D eigenvalue weighted by Crippen LogP contribution is 2.22. The van der Waals surface area contributed by atoms with Gasteiger partial charge < -0.3 is 4.74 Å². The normalized spacial score (nSPS) is 10.3. The standard InChI is InChI=1S/C15H12ClFO2/c1-9-7-10(16)3-5-12(9)15(18)13-6-4-11(19-2)8-14(13)17/h3-8H,1-2H3. The van der Waals surface area contributed by atoms with E-state index in [1.54, 1.807) is 31.2 Å². The van der Waals surface area contributed by atoms with E-state index in [4.69, 9.17) is 16.3 Å². The van der Waals surface area contributed by atoms with Crippen molar-refractivity contribution < 1.29 is 13.9 Å². The van der Waals surface area contributed by atoms with Crippen LogP contribution in [0.5, 0.6) is 5.75 Å². The van der Waals surface area contributed by atoms with Gasteiger partial charge in [0.25, 0.3) is 0 Å². The van der Waals surface area contributed by atoms with Gasteiger partial charge in [-0.25, -0.2) is 4.39 Å². The number of benzene rings is 2. The Bertz CT molecular complexity index is 638. The molecule has 0 amide bonds. The van der Waals surface area contributed by atoms with E-state index in [2.05, 4.69) is 0 Å². The van der Waals surface area contributed by atoms with Crippen molar-refractivity contribution >= 4 is 17.4 Å². The Balaban J connectivity index is 2.44. The predicted octanol–water partition coefficient (Wildman–Crippen LogP) is 4.03. The van der Waals surface area contributed by atoms with Crippen LogP contribution < -0.4 is 4.74 Å². The summed E-state index contributed by atoms with van der Waals surface area (Å²) in [7, 11) is 1.44. The van der Waals surface area contributed by atoms with Gasteiger partial charge in [0.15, 0.2) is 5.78 Å². The first-order valence-corrected chi connectivity index (χ1v) is 6.05. The van der Waals surface area contributed by atoms with Gasteiger partial charge in [0, 0.05) is 16.7 Å². The van der Waals surface area contributed by atoms with Gasteiger partial charge in [0.05, 0.1) is 12.7 Å². The zero-order valence-electron chi connectivity index (χ0n) is 10.5. The summed E-state index contributed by atoms with van der Waals surface area (Å²) in [5, 5.41) is 0.546. The molecule has 0 unspecified atom stereocenters. The summed E-state index contributed by atoms with van der Waals surface area (Å²) in [5.41, 5.74) is 1.17. The second-order valence-electron chi connectivity index (χ2n) is 4.13. The summed E-state index contributed by atoms with van der Waals surface area (Å²) in [5.74, 6) is -0.588. The number of hydrogen-bond donors (Lipinski definition) is 0. The molecule has 19 heavy (non-hydrogen) atoms. The van der Waals surface area contributed by atoms with Crippen LogP contribution >= 0.6 is 11.6 Å². The summed E-state index contributed by atoms with van der Waals surface area (Å²) in [4.78, 5) is 12.3. The molecular formula is C15H12ClFO2. The first-order valence-electron chi connectivity index (χ1n) is 5.67. The Hall–Kier alpha value is -1.87. The molecule has 0 aliphatic rings. The van der Waals surface area contributed by atoms with Crippen LogP contribution in [0.1, 0.15) is 21.5 Å². The van der Waals surface area contributed by atoms with E-state index in [-0.39, 0.29) is 11.3 Å². The van der Waals surface area contributed by atoms with Gasteiger partial charge in [-0.2, -0.15) is 0 Å². The minimum absolute atomic E-state index is 0.0197. The van der Waals surface area contributed by atoms with Crippen LogP contribution in [-0.2, 0) is 0 Å². The maximum atomic E-state index is 13.9. The SMILES string of the molecule is COc1ccc(C(=O)c2ccc(Cl)cc2C)c(F)c1. The van der Waals surface area contributed by atoms with Crippen molar-refractivity contribution in [2.45, 2.75) is 6.92 Å². The highest BCUT2D eigenvalue weighted by molar-refractivity contribution is 6.30. The van der Waals surface area contributed by atoms with Crippen LogP contribution in [0.15, 0.2) is 36.4 Å². The van der Waals surface area contributed by atoms with E-state index >= 15 is 0 Å². The average molecular weight is 279 g/mol. The first-order chi connectivity index (χ1) is 9.02. The van der Waals surface area contributed by atoms with Crippen molar-refractivity contribution in [2.24, 2.45) is 0 Å². The Kier molecular flexibility index (Phi) is 3.86. The van der Waals surface area contributed by atoms with Crippen LogP contribution in [0.3, 0.4) is 0 Å². The lowest BCUT2D eigenvalue weighted by molar-refractivity contribution is 0.103. The summed E-state index contributed by atoms with van der Waals surface area (Å²) in [6.07, 6.45) is 0. The van der Waals surface area contributed by atoms with E-state index in [0.29, 0.717) is 21.9 Å². The third kappa shape index (κ3) is 2.76. The second kappa shape index (κ2) is 5.41. The lowest BCUT2D eigenvalue weighted by Crippen LogP contribution is -2.06. The molecule has 98 valence electrons. The molecule has 0 heterocycles. The number of carbonyl (C=O) groups is 1. The zero-order chi connectivity index (χ0) is 14.0. The van der Waals surface area contributed by atoms with Crippen LogP contribution in [0.4, 0.5) is 4.39 Å². The van der Waals surface area contributed by atoms with Crippen molar-refractivity contribution in [1.82, 2.24) is 0 Å². The maximum absolute atomic E-state index is 13.9.